The Labute approximate surface area is 108 Å². The van der Waals surface area contributed by atoms with Crippen LogP contribution >= 0.6 is 0 Å². The van der Waals surface area contributed by atoms with Gasteiger partial charge in [0.15, 0.2) is 0 Å². The summed E-state index contributed by atoms with van der Waals surface area (Å²) >= 11 is 0. The summed E-state index contributed by atoms with van der Waals surface area (Å²) in [5.41, 5.74) is 0.0255. The Balaban J connectivity index is 2.20. The molecule has 1 aliphatic rings. The number of halogens is 2. The highest BCUT2D eigenvalue weighted by Crippen LogP contribution is 2.22. The number of benzene rings is 1. The molecule has 102 valence electrons. The summed E-state index contributed by atoms with van der Waals surface area (Å²) < 4.78 is 28.8. The lowest BCUT2D eigenvalue weighted by molar-refractivity contribution is -0.123. The second-order valence-corrected chi connectivity index (χ2v) is 3.95. The molecule has 1 heterocycles. The van der Waals surface area contributed by atoms with Gasteiger partial charge < -0.3 is 15.0 Å². The largest absolute Gasteiger partial charge is 0.434 e. The van der Waals surface area contributed by atoms with E-state index in [1.807, 2.05) is 0 Å². The first-order valence-corrected chi connectivity index (χ1v) is 5.68. The first kappa shape index (κ1) is 13.3. The van der Waals surface area contributed by atoms with E-state index >= 15 is 0 Å². The van der Waals surface area contributed by atoms with E-state index in [4.69, 9.17) is 0 Å². The SMILES string of the molecule is O=C1CN(C(=O)c2ccccc2OC(F)F)CCN1. The van der Waals surface area contributed by atoms with Crippen LogP contribution in [0.4, 0.5) is 8.78 Å². The van der Waals surface area contributed by atoms with Crippen LogP contribution in [0.25, 0.3) is 0 Å². The van der Waals surface area contributed by atoms with Crippen LogP contribution in [0.2, 0.25) is 0 Å². The molecule has 0 bridgehead atoms. The summed E-state index contributed by atoms with van der Waals surface area (Å²) in [6.07, 6.45) is 0. The zero-order chi connectivity index (χ0) is 13.8. The molecule has 0 unspecified atom stereocenters. The van der Waals surface area contributed by atoms with Gasteiger partial charge in [-0.2, -0.15) is 8.78 Å². The van der Waals surface area contributed by atoms with Crippen LogP contribution in [0.5, 0.6) is 5.75 Å². The number of piperazine rings is 1. The lowest BCUT2D eigenvalue weighted by Gasteiger charge is -2.27. The van der Waals surface area contributed by atoms with Crippen LogP contribution in [0.3, 0.4) is 0 Å². The Morgan fingerprint density at radius 2 is 2.11 bits per heavy atom. The maximum atomic E-state index is 12.3. The zero-order valence-electron chi connectivity index (χ0n) is 9.94. The predicted octanol–water partition coefficient (Wildman–Crippen LogP) is 0.860. The van der Waals surface area contributed by atoms with Crippen molar-refractivity contribution in [2.45, 2.75) is 6.61 Å². The molecule has 7 heteroatoms. The van der Waals surface area contributed by atoms with Crippen molar-refractivity contribution in [2.75, 3.05) is 19.6 Å². The van der Waals surface area contributed by atoms with Crippen LogP contribution in [0.15, 0.2) is 24.3 Å². The van der Waals surface area contributed by atoms with Crippen molar-refractivity contribution in [1.29, 1.82) is 0 Å². The molecular formula is C12H12F2N2O3. The van der Waals surface area contributed by atoms with Crippen molar-refractivity contribution in [1.82, 2.24) is 10.2 Å². The average Bonchev–Trinajstić information content (AvgIpc) is 2.38. The minimum absolute atomic E-state index is 0.0255. The number of hydrogen-bond donors (Lipinski definition) is 1. The highest BCUT2D eigenvalue weighted by atomic mass is 19.3. The van der Waals surface area contributed by atoms with Gasteiger partial charge in [0.1, 0.15) is 5.75 Å². The molecule has 1 N–H and O–H groups in total. The van der Waals surface area contributed by atoms with Crippen LogP contribution in [-0.4, -0.2) is 43.0 Å². The molecule has 0 radical (unpaired) electrons. The summed E-state index contributed by atoms with van der Waals surface area (Å²) in [4.78, 5) is 24.7. The number of carbonyl (C=O) groups excluding carboxylic acids is 2. The molecular weight excluding hydrogens is 258 g/mol. The number of ether oxygens (including phenoxy) is 1. The van der Waals surface area contributed by atoms with E-state index in [9.17, 15) is 18.4 Å². The van der Waals surface area contributed by atoms with E-state index in [2.05, 4.69) is 10.1 Å². The standard InChI is InChI=1S/C12H12F2N2O3/c13-12(14)19-9-4-2-1-3-8(9)11(18)16-6-5-15-10(17)7-16/h1-4,12H,5-7H2,(H,15,17). The Morgan fingerprint density at radius 1 is 1.37 bits per heavy atom. The van der Waals surface area contributed by atoms with Crippen LogP contribution in [0, 0.1) is 0 Å². The summed E-state index contributed by atoms with van der Waals surface area (Å²) in [7, 11) is 0. The summed E-state index contributed by atoms with van der Waals surface area (Å²) in [6.45, 7) is -2.39. The van der Waals surface area contributed by atoms with Gasteiger partial charge >= 0.3 is 6.61 Å². The average molecular weight is 270 g/mol. The van der Waals surface area contributed by atoms with E-state index in [1.165, 1.54) is 23.1 Å². The highest BCUT2D eigenvalue weighted by molar-refractivity contribution is 5.99. The third-order valence-electron chi connectivity index (χ3n) is 2.66. The summed E-state index contributed by atoms with van der Waals surface area (Å²) in [6, 6.07) is 5.74. The number of alkyl halides is 2. The van der Waals surface area contributed by atoms with Crippen molar-refractivity contribution >= 4 is 11.8 Å². The van der Waals surface area contributed by atoms with E-state index in [0.29, 0.717) is 13.1 Å². The van der Waals surface area contributed by atoms with Crippen LogP contribution in [-0.2, 0) is 4.79 Å². The maximum absolute atomic E-state index is 12.3. The van der Waals surface area contributed by atoms with Gasteiger partial charge in [-0.05, 0) is 12.1 Å². The smallest absolute Gasteiger partial charge is 0.387 e. The van der Waals surface area contributed by atoms with Gasteiger partial charge in [-0.25, -0.2) is 0 Å². The van der Waals surface area contributed by atoms with Gasteiger partial charge in [-0.3, -0.25) is 9.59 Å². The van der Waals surface area contributed by atoms with Gasteiger partial charge in [-0.15, -0.1) is 0 Å². The minimum Gasteiger partial charge on any atom is -0.434 e. The van der Waals surface area contributed by atoms with Crippen molar-refractivity contribution in [2.24, 2.45) is 0 Å². The van der Waals surface area contributed by atoms with Crippen molar-refractivity contribution in [3.05, 3.63) is 29.8 Å². The molecule has 19 heavy (non-hydrogen) atoms. The maximum Gasteiger partial charge on any atom is 0.387 e. The monoisotopic (exact) mass is 270 g/mol. The topological polar surface area (TPSA) is 58.6 Å². The molecule has 0 aromatic heterocycles. The predicted molar refractivity (Wildman–Crippen MR) is 62.0 cm³/mol. The Morgan fingerprint density at radius 3 is 2.79 bits per heavy atom. The number of hydrogen-bond acceptors (Lipinski definition) is 3. The molecule has 0 aliphatic carbocycles. The minimum atomic E-state index is -3.00. The fourth-order valence-corrected chi connectivity index (χ4v) is 1.82. The number of rotatable bonds is 3. The van der Waals surface area contributed by atoms with Crippen molar-refractivity contribution < 1.29 is 23.1 Å². The van der Waals surface area contributed by atoms with Gasteiger partial charge in [0.2, 0.25) is 5.91 Å². The second-order valence-electron chi connectivity index (χ2n) is 3.95. The quantitative estimate of drug-likeness (QED) is 0.886. The Bertz CT molecular complexity index is 494. The van der Waals surface area contributed by atoms with E-state index in [0.717, 1.165) is 0 Å². The number of nitrogens with one attached hydrogen (secondary N) is 1. The Kier molecular flexibility index (Phi) is 3.94. The first-order valence-electron chi connectivity index (χ1n) is 5.68. The van der Waals surface area contributed by atoms with Gasteiger partial charge in [0.25, 0.3) is 5.91 Å². The molecule has 2 amide bonds. The first-order chi connectivity index (χ1) is 9.08. The van der Waals surface area contributed by atoms with E-state index < -0.39 is 12.5 Å². The second kappa shape index (κ2) is 5.64. The molecule has 0 atom stereocenters. The fraction of sp³-hybridized carbons (Fsp3) is 0.333. The zero-order valence-corrected chi connectivity index (χ0v) is 9.94. The van der Waals surface area contributed by atoms with Crippen molar-refractivity contribution in [3.8, 4) is 5.75 Å². The summed E-state index contributed by atoms with van der Waals surface area (Å²) in [5, 5.41) is 2.58. The van der Waals surface area contributed by atoms with Crippen LogP contribution in [0.1, 0.15) is 10.4 Å². The van der Waals surface area contributed by atoms with Gasteiger partial charge in [0.05, 0.1) is 12.1 Å². The molecule has 1 aromatic carbocycles. The highest BCUT2D eigenvalue weighted by Gasteiger charge is 2.25. The van der Waals surface area contributed by atoms with E-state index in [1.54, 1.807) is 6.07 Å². The molecule has 1 saturated heterocycles. The molecule has 5 nitrogen and oxygen atoms in total. The molecule has 1 aromatic rings. The molecule has 1 fully saturated rings. The fourth-order valence-electron chi connectivity index (χ4n) is 1.82. The van der Waals surface area contributed by atoms with Crippen molar-refractivity contribution in [3.63, 3.8) is 0 Å². The van der Waals surface area contributed by atoms with Gasteiger partial charge in [-0.1, -0.05) is 12.1 Å². The summed E-state index contributed by atoms with van der Waals surface area (Å²) in [5.74, 6) is -0.952. The molecule has 2 rings (SSSR count). The number of para-hydroxylation sites is 1. The number of amides is 2. The number of carbonyl (C=O) groups is 2. The number of nitrogens with zero attached hydrogens (tertiary/aromatic N) is 1. The molecule has 1 aliphatic heterocycles. The lowest BCUT2D eigenvalue weighted by Crippen LogP contribution is -2.50. The lowest BCUT2D eigenvalue weighted by atomic mass is 10.1. The van der Waals surface area contributed by atoms with E-state index in [-0.39, 0.29) is 23.8 Å². The Hall–Kier alpha value is -2.18. The molecule has 0 saturated carbocycles. The van der Waals surface area contributed by atoms with Gasteiger partial charge in [0, 0.05) is 13.1 Å². The third kappa shape index (κ3) is 3.18. The molecule has 0 spiro atoms. The van der Waals surface area contributed by atoms with Crippen LogP contribution < -0.4 is 10.1 Å². The third-order valence-corrected chi connectivity index (χ3v) is 2.66. The normalized spacial score (nSPS) is 15.3.